The summed E-state index contributed by atoms with van der Waals surface area (Å²) in [6, 6.07) is 7.76. The molecule has 0 saturated heterocycles. The van der Waals surface area contributed by atoms with Gasteiger partial charge >= 0.3 is 12.1 Å². The molecule has 2 rings (SSSR count). The van der Waals surface area contributed by atoms with Crippen LogP contribution in [0.5, 0.6) is 0 Å². The molecule has 1 saturated carbocycles. The first kappa shape index (κ1) is 24.1. The van der Waals surface area contributed by atoms with Crippen LogP contribution in [-0.2, 0) is 25.7 Å². The normalized spacial score (nSPS) is 16.0. The number of carbonyl (C=O) groups excluding carboxylic acids is 3. The third-order valence-electron chi connectivity index (χ3n) is 5.04. The molecule has 0 aliphatic heterocycles. The van der Waals surface area contributed by atoms with Gasteiger partial charge in [0.15, 0.2) is 0 Å². The Bertz CT molecular complexity index is 692. The van der Waals surface area contributed by atoms with Crippen molar-refractivity contribution >= 4 is 29.7 Å². The molecule has 7 nitrogen and oxygen atoms in total. The Kier molecular flexibility index (Phi) is 10.00. The van der Waals surface area contributed by atoms with Crippen molar-refractivity contribution in [3.63, 3.8) is 0 Å². The lowest BCUT2D eigenvalue weighted by Crippen LogP contribution is -2.54. The molecule has 2 atom stereocenters. The van der Waals surface area contributed by atoms with Crippen molar-refractivity contribution in [3.8, 4) is 0 Å². The van der Waals surface area contributed by atoms with E-state index in [1.807, 2.05) is 44.2 Å². The van der Waals surface area contributed by atoms with Crippen LogP contribution in [0.3, 0.4) is 0 Å². The van der Waals surface area contributed by atoms with Gasteiger partial charge in [-0.15, -0.1) is 0 Å². The summed E-state index contributed by atoms with van der Waals surface area (Å²) in [5.41, 5.74) is 0.861. The Labute approximate surface area is 182 Å². The molecule has 2 N–H and O–H groups in total. The number of hydrogen-bond acceptors (Lipinski definition) is 6. The van der Waals surface area contributed by atoms with E-state index >= 15 is 0 Å². The second-order valence-corrected chi connectivity index (χ2v) is 9.09. The van der Waals surface area contributed by atoms with E-state index in [4.69, 9.17) is 9.47 Å². The topological polar surface area (TPSA) is 93.7 Å². The quantitative estimate of drug-likeness (QED) is 0.547. The number of thioether (sulfide) groups is 1. The fourth-order valence-corrected chi connectivity index (χ4v) is 4.62. The summed E-state index contributed by atoms with van der Waals surface area (Å²) in [5.74, 6) is -0.647. The number of amides is 2. The van der Waals surface area contributed by atoms with Crippen LogP contribution in [0.2, 0.25) is 0 Å². The smallest absolute Gasteiger partial charge is 0.408 e. The molecule has 30 heavy (non-hydrogen) atoms. The molecule has 1 aromatic rings. The molecule has 1 aliphatic carbocycles. The highest BCUT2D eigenvalue weighted by Crippen LogP contribution is 2.29. The van der Waals surface area contributed by atoms with E-state index < -0.39 is 30.1 Å². The van der Waals surface area contributed by atoms with Crippen molar-refractivity contribution in [3.05, 3.63) is 35.9 Å². The number of benzene rings is 1. The van der Waals surface area contributed by atoms with Gasteiger partial charge in [-0.25, -0.2) is 9.59 Å². The highest BCUT2D eigenvalue weighted by atomic mass is 32.2. The molecule has 0 radical (unpaired) electrons. The second kappa shape index (κ2) is 12.5. The second-order valence-electron chi connectivity index (χ2n) is 7.75. The standard InChI is InChI=1S/C22H32N2O5S/c1-15(2)19(21(26)28-3)24-20(25)18(14-30-17-11-7-8-12-17)23-22(27)29-13-16-9-5-4-6-10-16/h4-6,9-10,15,17-19H,7-8,11-14H2,1-3H3,(H,23,27)(H,24,25)/t18-,19-/m0/s1. The van der Waals surface area contributed by atoms with Crippen LogP contribution in [0.4, 0.5) is 4.79 Å². The van der Waals surface area contributed by atoms with Crippen molar-refractivity contribution in [1.82, 2.24) is 10.6 Å². The predicted octanol–water partition coefficient (Wildman–Crippen LogP) is 3.27. The largest absolute Gasteiger partial charge is 0.467 e. The minimum absolute atomic E-state index is 0.119. The fraction of sp³-hybridized carbons (Fsp3) is 0.591. The van der Waals surface area contributed by atoms with Crippen LogP contribution in [0, 0.1) is 5.92 Å². The molecule has 8 heteroatoms. The SMILES string of the molecule is COC(=O)[C@@H](NC(=O)[C@H](CSC1CCCC1)NC(=O)OCc1ccccc1)C(C)C. The number of nitrogens with one attached hydrogen (secondary N) is 2. The summed E-state index contributed by atoms with van der Waals surface area (Å²) < 4.78 is 10.1. The summed E-state index contributed by atoms with van der Waals surface area (Å²) in [7, 11) is 1.29. The molecule has 0 heterocycles. The van der Waals surface area contributed by atoms with Crippen LogP contribution in [0.1, 0.15) is 45.1 Å². The third kappa shape index (κ3) is 7.89. The average molecular weight is 437 g/mol. The van der Waals surface area contributed by atoms with Gasteiger partial charge < -0.3 is 20.1 Å². The number of methoxy groups -OCH3 is 1. The summed E-state index contributed by atoms with van der Waals surface area (Å²) in [5, 5.41) is 5.88. The Hall–Kier alpha value is -2.22. The number of rotatable bonds is 10. The van der Waals surface area contributed by atoms with Gasteiger partial charge in [-0.1, -0.05) is 57.0 Å². The van der Waals surface area contributed by atoms with Gasteiger partial charge in [0, 0.05) is 11.0 Å². The molecular weight excluding hydrogens is 404 g/mol. The average Bonchev–Trinajstić information content (AvgIpc) is 3.27. The van der Waals surface area contributed by atoms with Gasteiger partial charge in [0.1, 0.15) is 18.7 Å². The van der Waals surface area contributed by atoms with Crippen molar-refractivity contribution in [2.75, 3.05) is 12.9 Å². The Morgan fingerprint density at radius 3 is 2.37 bits per heavy atom. The van der Waals surface area contributed by atoms with Gasteiger partial charge in [0.2, 0.25) is 5.91 Å². The van der Waals surface area contributed by atoms with Gasteiger partial charge in [0.25, 0.3) is 0 Å². The van der Waals surface area contributed by atoms with Crippen LogP contribution in [0.25, 0.3) is 0 Å². The van der Waals surface area contributed by atoms with Crippen molar-refractivity contribution in [1.29, 1.82) is 0 Å². The molecule has 2 amide bonds. The molecule has 0 bridgehead atoms. The van der Waals surface area contributed by atoms with E-state index in [-0.39, 0.29) is 12.5 Å². The van der Waals surface area contributed by atoms with Crippen LogP contribution in [-0.4, -0.2) is 48.2 Å². The number of ether oxygens (including phenoxy) is 2. The number of hydrogen-bond donors (Lipinski definition) is 2. The minimum Gasteiger partial charge on any atom is -0.467 e. The van der Waals surface area contributed by atoms with E-state index in [0.717, 1.165) is 18.4 Å². The zero-order valence-corrected chi connectivity index (χ0v) is 18.7. The summed E-state index contributed by atoms with van der Waals surface area (Å²) in [6.07, 6.45) is 3.96. The van der Waals surface area contributed by atoms with E-state index in [1.54, 1.807) is 11.8 Å². The first-order valence-corrected chi connectivity index (χ1v) is 11.4. The highest BCUT2D eigenvalue weighted by Gasteiger charge is 2.30. The summed E-state index contributed by atoms with van der Waals surface area (Å²) >= 11 is 1.68. The lowest BCUT2D eigenvalue weighted by atomic mass is 10.0. The van der Waals surface area contributed by atoms with Crippen molar-refractivity contribution < 1.29 is 23.9 Å². The maximum Gasteiger partial charge on any atom is 0.408 e. The number of esters is 1. The maximum absolute atomic E-state index is 12.9. The van der Waals surface area contributed by atoms with E-state index in [9.17, 15) is 14.4 Å². The first-order valence-electron chi connectivity index (χ1n) is 10.4. The molecule has 0 spiro atoms. The van der Waals surface area contributed by atoms with E-state index in [0.29, 0.717) is 11.0 Å². The molecule has 166 valence electrons. The summed E-state index contributed by atoms with van der Waals surface area (Å²) in [4.78, 5) is 37.2. The van der Waals surface area contributed by atoms with Gasteiger partial charge in [-0.2, -0.15) is 11.8 Å². The molecule has 0 aromatic heterocycles. The van der Waals surface area contributed by atoms with Crippen molar-refractivity contribution in [2.24, 2.45) is 5.92 Å². The lowest BCUT2D eigenvalue weighted by Gasteiger charge is -2.24. The molecular formula is C22H32N2O5S. The summed E-state index contributed by atoms with van der Waals surface area (Å²) in [6.45, 7) is 3.77. The molecule has 1 aromatic carbocycles. The molecule has 0 unspecified atom stereocenters. The van der Waals surface area contributed by atoms with Gasteiger partial charge in [0.05, 0.1) is 7.11 Å². The maximum atomic E-state index is 12.9. The minimum atomic E-state index is -0.801. The van der Waals surface area contributed by atoms with Crippen molar-refractivity contribution in [2.45, 2.75) is 63.5 Å². The van der Waals surface area contributed by atoms with Gasteiger partial charge in [-0.05, 0) is 24.3 Å². The Balaban J connectivity index is 1.97. The van der Waals surface area contributed by atoms with Crippen LogP contribution < -0.4 is 10.6 Å². The lowest BCUT2D eigenvalue weighted by molar-refractivity contribution is -0.146. The molecule has 1 aliphatic rings. The number of alkyl carbamates (subject to hydrolysis) is 1. The fourth-order valence-electron chi connectivity index (χ4n) is 3.26. The Morgan fingerprint density at radius 2 is 1.77 bits per heavy atom. The Morgan fingerprint density at radius 1 is 1.10 bits per heavy atom. The first-order chi connectivity index (χ1) is 14.4. The predicted molar refractivity (Wildman–Crippen MR) is 117 cm³/mol. The molecule has 1 fully saturated rings. The van der Waals surface area contributed by atoms with E-state index in [2.05, 4.69) is 10.6 Å². The number of carbonyl (C=O) groups is 3. The highest BCUT2D eigenvalue weighted by molar-refractivity contribution is 8.00. The van der Waals surface area contributed by atoms with Gasteiger partial charge in [-0.3, -0.25) is 4.79 Å². The van der Waals surface area contributed by atoms with Crippen LogP contribution in [0.15, 0.2) is 30.3 Å². The third-order valence-corrected chi connectivity index (χ3v) is 6.51. The zero-order valence-electron chi connectivity index (χ0n) is 17.9. The monoisotopic (exact) mass is 436 g/mol. The van der Waals surface area contributed by atoms with E-state index in [1.165, 1.54) is 20.0 Å². The van der Waals surface area contributed by atoms with Crippen LogP contribution >= 0.6 is 11.8 Å². The zero-order chi connectivity index (χ0) is 21.9.